The molecule has 0 N–H and O–H groups in total. The van der Waals surface area contributed by atoms with Crippen molar-refractivity contribution >= 4 is 0 Å². The molecule has 3 rings (SSSR count). The average molecular weight is 306 g/mol. The van der Waals surface area contributed by atoms with Crippen LogP contribution in [0.2, 0.25) is 0 Å². The molecule has 1 fully saturated rings. The Labute approximate surface area is 141 Å². The molecule has 2 aromatic carbocycles. The van der Waals surface area contributed by atoms with E-state index in [0.717, 1.165) is 0 Å². The zero-order chi connectivity index (χ0) is 16.0. The van der Waals surface area contributed by atoms with E-state index in [1.807, 2.05) is 0 Å². The topological polar surface area (TPSA) is 0 Å². The summed E-state index contributed by atoms with van der Waals surface area (Å²) >= 11 is 0. The Morgan fingerprint density at radius 1 is 0.783 bits per heavy atom. The van der Waals surface area contributed by atoms with E-state index in [4.69, 9.17) is 0 Å². The molecule has 0 heteroatoms. The van der Waals surface area contributed by atoms with Gasteiger partial charge in [-0.2, -0.15) is 0 Å². The summed E-state index contributed by atoms with van der Waals surface area (Å²) in [5, 5.41) is 0. The van der Waals surface area contributed by atoms with Crippen LogP contribution in [0, 0.1) is 0 Å². The highest BCUT2D eigenvalue weighted by Gasteiger charge is 2.34. The SMILES string of the molecule is CCCCCC1(c2ccccc2-c2ccccc2)CCCCC1. The summed E-state index contributed by atoms with van der Waals surface area (Å²) < 4.78 is 0. The second kappa shape index (κ2) is 7.81. The Hall–Kier alpha value is -1.56. The number of hydrogen-bond acceptors (Lipinski definition) is 0. The summed E-state index contributed by atoms with van der Waals surface area (Å²) in [6.07, 6.45) is 12.4. The Morgan fingerprint density at radius 2 is 1.48 bits per heavy atom. The second-order valence-corrected chi connectivity index (χ2v) is 7.21. The first-order valence-electron chi connectivity index (χ1n) is 9.51. The van der Waals surface area contributed by atoms with Crippen molar-refractivity contribution in [2.75, 3.05) is 0 Å². The number of rotatable bonds is 6. The second-order valence-electron chi connectivity index (χ2n) is 7.21. The maximum atomic E-state index is 2.42. The van der Waals surface area contributed by atoms with Crippen LogP contribution in [0.25, 0.3) is 11.1 Å². The highest BCUT2D eigenvalue weighted by Crippen LogP contribution is 2.46. The molecular weight excluding hydrogens is 276 g/mol. The molecule has 0 aliphatic heterocycles. The molecule has 1 aliphatic carbocycles. The molecule has 0 bridgehead atoms. The van der Waals surface area contributed by atoms with Crippen molar-refractivity contribution in [1.29, 1.82) is 0 Å². The van der Waals surface area contributed by atoms with Gasteiger partial charge in [0, 0.05) is 0 Å². The zero-order valence-electron chi connectivity index (χ0n) is 14.6. The molecule has 0 spiro atoms. The first-order valence-corrected chi connectivity index (χ1v) is 9.51. The van der Waals surface area contributed by atoms with Crippen LogP contribution < -0.4 is 0 Å². The molecule has 122 valence electrons. The third kappa shape index (κ3) is 3.68. The molecule has 0 atom stereocenters. The summed E-state index contributed by atoms with van der Waals surface area (Å²) in [5.41, 5.74) is 4.87. The van der Waals surface area contributed by atoms with Crippen molar-refractivity contribution in [2.45, 2.75) is 70.1 Å². The summed E-state index contributed by atoms with van der Waals surface area (Å²) in [5.74, 6) is 0. The van der Waals surface area contributed by atoms with E-state index < -0.39 is 0 Å². The molecule has 23 heavy (non-hydrogen) atoms. The maximum Gasteiger partial charge on any atom is -0.00408 e. The van der Waals surface area contributed by atoms with E-state index in [9.17, 15) is 0 Å². The quantitative estimate of drug-likeness (QED) is 0.498. The van der Waals surface area contributed by atoms with Crippen molar-refractivity contribution in [3.8, 4) is 11.1 Å². The highest BCUT2D eigenvalue weighted by atomic mass is 14.4. The molecule has 0 heterocycles. The van der Waals surface area contributed by atoms with Crippen molar-refractivity contribution in [1.82, 2.24) is 0 Å². The van der Waals surface area contributed by atoms with Gasteiger partial charge in [0.05, 0.1) is 0 Å². The maximum absolute atomic E-state index is 2.42. The molecule has 1 saturated carbocycles. The molecule has 0 amide bonds. The van der Waals surface area contributed by atoms with Crippen LogP contribution in [-0.4, -0.2) is 0 Å². The van der Waals surface area contributed by atoms with Gasteiger partial charge in [-0.25, -0.2) is 0 Å². The first kappa shape index (κ1) is 16.3. The molecule has 0 nitrogen and oxygen atoms in total. The minimum atomic E-state index is 0.417. The van der Waals surface area contributed by atoms with E-state index in [2.05, 4.69) is 61.5 Å². The average Bonchev–Trinajstić information content (AvgIpc) is 2.63. The molecule has 0 radical (unpaired) electrons. The number of hydrogen-bond donors (Lipinski definition) is 0. The molecule has 2 aromatic rings. The van der Waals surface area contributed by atoms with Crippen LogP contribution in [0.4, 0.5) is 0 Å². The Balaban J connectivity index is 1.99. The lowest BCUT2D eigenvalue weighted by Gasteiger charge is -2.39. The van der Waals surface area contributed by atoms with Crippen molar-refractivity contribution in [3.05, 3.63) is 60.2 Å². The van der Waals surface area contributed by atoms with Crippen molar-refractivity contribution < 1.29 is 0 Å². The lowest BCUT2D eigenvalue weighted by Crippen LogP contribution is -2.29. The zero-order valence-corrected chi connectivity index (χ0v) is 14.6. The Kier molecular flexibility index (Phi) is 5.54. The van der Waals surface area contributed by atoms with E-state index in [0.29, 0.717) is 5.41 Å². The minimum absolute atomic E-state index is 0.417. The van der Waals surface area contributed by atoms with Crippen LogP contribution in [0.3, 0.4) is 0 Å². The summed E-state index contributed by atoms with van der Waals surface area (Å²) in [7, 11) is 0. The van der Waals surface area contributed by atoms with Gasteiger partial charge in [-0.05, 0) is 41.4 Å². The van der Waals surface area contributed by atoms with Crippen LogP contribution in [-0.2, 0) is 5.41 Å². The fourth-order valence-corrected chi connectivity index (χ4v) is 4.41. The molecule has 1 aliphatic rings. The largest absolute Gasteiger partial charge is 0.0654 e. The van der Waals surface area contributed by atoms with Gasteiger partial charge in [-0.1, -0.05) is 100 Å². The van der Waals surface area contributed by atoms with Gasteiger partial charge in [-0.3, -0.25) is 0 Å². The van der Waals surface area contributed by atoms with Gasteiger partial charge in [0.1, 0.15) is 0 Å². The van der Waals surface area contributed by atoms with Crippen LogP contribution in [0.1, 0.15) is 70.3 Å². The first-order chi connectivity index (χ1) is 11.4. The lowest BCUT2D eigenvalue weighted by atomic mass is 9.65. The van der Waals surface area contributed by atoms with Crippen molar-refractivity contribution in [3.63, 3.8) is 0 Å². The molecular formula is C23H30. The van der Waals surface area contributed by atoms with Crippen molar-refractivity contribution in [2.24, 2.45) is 0 Å². The van der Waals surface area contributed by atoms with E-state index in [1.165, 1.54) is 68.9 Å². The number of benzene rings is 2. The fourth-order valence-electron chi connectivity index (χ4n) is 4.41. The monoisotopic (exact) mass is 306 g/mol. The molecule has 0 aromatic heterocycles. The lowest BCUT2D eigenvalue weighted by molar-refractivity contribution is 0.266. The smallest absolute Gasteiger partial charge is 0.00408 e. The summed E-state index contributed by atoms with van der Waals surface area (Å²) in [6.45, 7) is 2.31. The normalized spacial score (nSPS) is 17.1. The summed E-state index contributed by atoms with van der Waals surface area (Å²) in [4.78, 5) is 0. The van der Waals surface area contributed by atoms with Gasteiger partial charge in [-0.15, -0.1) is 0 Å². The third-order valence-corrected chi connectivity index (χ3v) is 5.65. The van der Waals surface area contributed by atoms with E-state index in [1.54, 1.807) is 5.56 Å². The van der Waals surface area contributed by atoms with Gasteiger partial charge in [0.2, 0.25) is 0 Å². The van der Waals surface area contributed by atoms with Gasteiger partial charge >= 0.3 is 0 Å². The van der Waals surface area contributed by atoms with E-state index >= 15 is 0 Å². The van der Waals surface area contributed by atoms with E-state index in [-0.39, 0.29) is 0 Å². The van der Waals surface area contributed by atoms with Gasteiger partial charge in [0.15, 0.2) is 0 Å². The minimum Gasteiger partial charge on any atom is -0.0654 e. The fraction of sp³-hybridized carbons (Fsp3) is 0.478. The van der Waals surface area contributed by atoms with Crippen LogP contribution in [0.15, 0.2) is 54.6 Å². The third-order valence-electron chi connectivity index (χ3n) is 5.65. The summed E-state index contributed by atoms with van der Waals surface area (Å²) in [6, 6.07) is 20.2. The van der Waals surface area contributed by atoms with Crippen LogP contribution >= 0.6 is 0 Å². The standard InChI is InChI=1S/C23H30/c1-2-3-10-17-23(18-11-5-12-19-23)22-16-9-8-15-21(22)20-13-6-4-7-14-20/h4,6-9,13-16H,2-3,5,10-12,17-19H2,1H3. The Bertz CT molecular complexity index is 590. The van der Waals surface area contributed by atoms with Crippen LogP contribution in [0.5, 0.6) is 0 Å². The van der Waals surface area contributed by atoms with Gasteiger partial charge in [0.25, 0.3) is 0 Å². The molecule has 0 unspecified atom stereocenters. The predicted molar refractivity (Wildman–Crippen MR) is 101 cm³/mol. The Morgan fingerprint density at radius 3 is 2.22 bits per heavy atom. The highest BCUT2D eigenvalue weighted by molar-refractivity contribution is 5.68. The number of unbranched alkanes of at least 4 members (excludes halogenated alkanes) is 2. The molecule has 0 saturated heterocycles. The predicted octanol–water partition coefficient (Wildman–Crippen LogP) is 7.14. The van der Waals surface area contributed by atoms with Gasteiger partial charge < -0.3 is 0 Å².